The number of aliphatic hydroxyl groups is 2. The number of benzene rings is 2. The molecule has 0 radical (unpaired) electrons. The molecule has 2 aliphatic heterocycles. The molecule has 3 heterocycles. The largest absolute Gasteiger partial charge is 0.390 e. The highest BCUT2D eigenvalue weighted by molar-refractivity contribution is 5.86. The third-order valence-corrected chi connectivity index (χ3v) is 8.22. The standard InChI is InChI=1S/C29H34F5N3O2/c1-3-4-8-36-12-18(13-36)28(39)17-10-22(31)24(23(32)11-17)27-26-20(19-6-5-7-21(30)25(19)35-26)9-16(2)37(27)14-29(33,34)15-38/h5-7,10-11,16,18,27-28,35,38-39H,3-4,8-9,12-15H2,1-2H3/t16-,27-,28+/m1/s1. The van der Waals surface area contributed by atoms with Crippen LogP contribution in [0.4, 0.5) is 22.0 Å². The van der Waals surface area contributed by atoms with Gasteiger partial charge in [-0.05, 0) is 55.6 Å². The van der Waals surface area contributed by atoms with E-state index in [9.17, 15) is 23.4 Å². The van der Waals surface area contributed by atoms with Gasteiger partial charge in [0.25, 0.3) is 5.92 Å². The van der Waals surface area contributed by atoms with Gasteiger partial charge < -0.3 is 20.1 Å². The Kier molecular flexibility index (Phi) is 7.76. The van der Waals surface area contributed by atoms with Gasteiger partial charge in [0.2, 0.25) is 0 Å². The van der Waals surface area contributed by atoms with Gasteiger partial charge in [-0.2, -0.15) is 0 Å². The summed E-state index contributed by atoms with van der Waals surface area (Å²) < 4.78 is 75.2. The van der Waals surface area contributed by atoms with E-state index in [1.54, 1.807) is 13.0 Å². The van der Waals surface area contributed by atoms with Crippen molar-refractivity contribution in [1.29, 1.82) is 0 Å². The second-order valence-electron chi connectivity index (χ2n) is 11.0. The van der Waals surface area contributed by atoms with Gasteiger partial charge in [-0.3, -0.25) is 4.90 Å². The molecular weight excluding hydrogens is 517 g/mol. The SMILES string of the molecule is CCCCN1CC([C@@H](O)c2cc(F)c([C@@H]3c4[nH]c5c(F)cccc5c4C[C@@H](C)N3CC(F)(F)CO)c(F)c2)C1. The monoisotopic (exact) mass is 551 g/mol. The van der Waals surface area contributed by atoms with Crippen LogP contribution in [0, 0.1) is 23.4 Å². The van der Waals surface area contributed by atoms with Crippen LogP contribution in [0.25, 0.3) is 10.9 Å². The van der Waals surface area contributed by atoms with E-state index in [0.717, 1.165) is 31.5 Å². The zero-order valence-corrected chi connectivity index (χ0v) is 22.0. The molecular formula is C29H34F5N3O2. The molecule has 0 aliphatic carbocycles. The van der Waals surface area contributed by atoms with E-state index >= 15 is 8.78 Å². The molecule has 3 N–H and O–H groups in total. The smallest absolute Gasteiger partial charge is 0.283 e. The summed E-state index contributed by atoms with van der Waals surface area (Å²) in [7, 11) is 0. The highest BCUT2D eigenvalue weighted by atomic mass is 19.3. The lowest BCUT2D eigenvalue weighted by Gasteiger charge is -2.43. The van der Waals surface area contributed by atoms with E-state index < -0.39 is 60.3 Å². The Hall–Kier alpha value is -2.53. The molecule has 3 atom stereocenters. The lowest BCUT2D eigenvalue weighted by Crippen LogP contribution is -2.50. The molecule has 5 rings (SSSR count). The number of hydrogen-bond acceptors (Lipinski definition) is 4. The van der Waals surface area contributed by atoms with E-state index in [4.69, 9.17) is 0 Å². The molecule has 1 aromatic heterocycles. The first-order chi connectivity index (χ1) is 18.5. The van der Waals surface area contributed by atoms with Crippen LogP contribution in [-0.2, 0) is 6.42 Å². The second-order valence-corrected chi connectivity index (χ2v) is 11.0. The van der Waals surface area contributed by atoms with E-state index in [2.05, 4.69) is 16.8 Å². The molecule has 5 nitrogen and oxygen atoms in total. The van der Waals surface area contributed by atoms with Gasteiger partial charge in [0.1, 0.15) is 24.1 Å². The van der Waals surface area contributed by atoms with E-state index in [-0.39, 0.29) is 29.1 Å². The first-order valence-corrected chi connectivity index (χ1v) is 13.5. The summed E-state index contributed by atoms with van der Waals surface area (Å²) in [6, 6.07) is 4.68. The lowest BCUT2D eigenvalue weighted by molar-refractivity contribution is -0.0869. The van der Waals surface area contributed by atoms with Crippen molar-refractivity contribution in [2.24, 2.45) is 5.92 Å². The molecule has 0 unspecified atom stereocenters. The summed E-state index contributed by atoms with van der Waals surface area (Å²) in [5.74, 6) is -6.21. The molecule has 39 heavy (non-hydrogen) atoms. The third-order valence-electron chi connectivity index (χ3n) is 8.22. The predicted octanol–water partition coefficient (Wildman–Crippen LogP) is 5.31. The van der Waals surface area contributed by atoms with Gasteiger partial charge in [0, 0.05) is 41.7 Å². The maximum Gasteiger partial charge on any atom is 0.283 e. The van der Waals surface area contributed by atoms with E-state index in [1.165, 1.54) is 17.0 Å². The van der Waals surface area contributed by atoms with Gasteiger partial charge in [0.15, 0.2) is 0 Å². The minimum Gasteiger partial charge on any atom is -0.390 e. The molecule has 0 saturated carbocycles. The Morgan fingerprint density at radius 2 is 1.79 bits per heavy atom. The molecule has 3 aromatic rings. The predicted molar refractivity (Wildman–Crippen MR) is 138 cm³/mol. The van der Waals surface area contributed by atoms with Gasteiger partial charge in [0.05, 0.1) is 24.2 Å². The summed E-state index contributed by atoms with van der Waals surface area (Å²) in [5, 5.41) is 20.6. The fraction of sp³-hybridized carbons (Fsp3) is 0.517. The fourth-order valence-corrected chi connectivity index (χ4v) is 6.10. The quantitative estimate of drug-likeness (QED) is 0.316. The van der Waals surface area contributed by atoms with Crippen LogP contribution in [0.2, 0.25) is 0 Å². The Morgan fingerprint density at radius 3 is 2.44 bits per heavy atom. The minimum absolute atomic E-state index is 0.0907. The van der Waals surface area contributed by atoms with Crippen LogP contribution in [-0.4, -0.2) is 69.7 Å². The van der Waals surface area contributed by atoms with Crippen LogP contribution in [0.3, 0.4) is 0 Å². The molecule has 0 amide bonds. The van der Waals surface area contributed by atoms with Crippen molar-refractivity contribution >= 4 is 10.9 Å². The number of unbranched alkanes of at least 4 members (excludes halogenated alkanes) is 1. The average molecular weight is 552 g/mol. The Bertz CT molecular complexity index is 1320. The topological polar surface area (TPSA) is 62.7 Å². The first kappa shape index (κ1) is 28.0. The number of aliphatic hydroxyl groups excluding tert-OH is 2. The van der Waals surface area contributed by atoms with E-state index in [1.807, 2.05) is 0 Å². The summed E-state index contributed by atoms with van der Waals surface area (Å²) >= 11 is 0. The highest BCUT2D eigenvalue weighted by Crippen LogP contribution is 2.44. The second kappa shape index (κ2) is 10.8. The van der Waals surface area contributed by atoms with Crippen molar-refractivity contribution in [3.05, 3.63) is 70.2 Å². The van der Waals surface area contributed by atoms with Crippen molar-refractivity contribution in [2.45, 2.75) is 57.2 Å². The number of nitrogens with one attached hydrogen (secondary N) is 1. The Morgan fingerprint density at radius 1 is 1.10 bits per heavy atom. The van der Waals surface area contributed by atoms with Gasteiger partial charge in [-0.25, -0.2) is 22.0 Å². The Balaban J connectivity index is 1.55. The molecule has 0 spiro atoms. The molecule has 0 bridgehead atoms. The number of hydrogen-bond donors (Lipinski definition) is 3. The molecule has 2 aromatic carbocycles. The number of alkyl halides is 2. The number of para-hydroxylation sites is 1. The van der Waals surface area contributed by atoms with Crippen LogP contribution < -0.4 is 0 Å². The van der Waals surface area contributed by atoms with Gasteiger partial charge in [-0.15, -0.1) is 0 Å². The maximum atomic E-state index is 15.8. The summed E-state index contributed by atoms with van der Waals surface area (Å²) in [5.41, 5.74) is 0.611. The van der Waals surface area contributed by atoms with Crippen molar-refractivity contribution in [1.82, 2.24) is 14.8 Å². The highest BCUT2D eigenvalue weighted by Gasteiger charge is 2.44. The number of halogens is 5. The summed E-state index contributed by atoms with van der Waals surface area (Å²) in [4.78, 5) is 6.35. The number of rotatable bonds is 9. The normalized spacial score (nSPS) is 21.8. The first-order valence-electron chi connectivity index (χ1n) is 13.5. The van der Waals surface area contributed by atoms with Crippen LogP contribution in [0.5, 0.6) is 0 Å². The van der Waals surface area contributed by atoms with Crippen molar-refractivity contribution in [2.75, 3.05) is 32.8 Å². The van der Waals surface area contributed by atoms with Crippen LogP contribution in [0.1, 0.15) is 61.2 Å². The van der Waals surface area contributed by atoms with Gasteiger partial charge >= 0.3 is 0 Å². The van der Waals surface area contributed by atoms with Crippen LogP contribution in [0.15, 0.2) is 30.3 Å². The molecule has 1 saturated heterocycles. The minimum atomic E-state index is -3.53. The molecule has 212 valence electrons. The van der Waals surface area contributed by atoms with Crippen LogP contribution >= 0.6 is 0 Å². The third kappa shape index (κ3) is 5.19. The lowest BCUT2D eigenvalue weighted by atomic mass is 9.85. The number of fused-ring (bicyclic) bond motifs is 3. The number of H-pyrrole nitrogens is 1. The molecule has 1 fully saturated rings. The summed E-state index contributed by atoms with van der Waals surface area (Å²) in [6.45, 7) is 3.53. The number of aromatic nitrogens is 1. The number of likely N-dealkylation sites (tertiary alicyclic amines) is 1. The van der Waals surface area contributed by atoms with Crippen molar-refractivity contribution < 1.29 is 32.2 Å². The van der Waals surface area contributed by atoms with Gasteiger partial charge in [-0.1, -0.05) is 25.5 Å². The molecule has 10 heteroatoms. The number of aromatic amines is 1. The zero-order valence-electron chi connectivity index (χ0n) is 22.0. The average Bonchev–Trinajstić information content (AvgIpc) is 3.23. The summed E-state index contributed by atoms with van der Waals surface area (Å²) in [6.07, 6.45) is 1.26. The Labute approximate surface area is 224 Å². The number of nitrogens with zero attached hydrogens (tertiary/aromatic N) is 2. The van der Waals surface area contributed by atoms with Crippen molar-refractivity contribution in [3.8, 4) is 0 Å². The zero-order chi connectivity index (χ0) is 28.1. The maximum absolute atomic E-state index is 15.8. The molecule has 2 aliphatic rings. The fourth-order valence-electron chi connectivity index (χ4n) is 6.10. The van der Waals surface area contributed by atoms with E-state index in [0.29, 0.717) is 24.0 Å². The van der Waals surface area contributed by atoms with Crippen molar-refractivity contribution in [3.63, 3.8) is 0 Å².